The van der Waals surface area contributed by atoms with Crippen LogP contribution in [0.25, 0.3) is 0 Å². The molecular formula is C11H19N3O. The average Bonchev–Trinajstić information content (AvgIpc) is 2.26. The quantitative estimate of drug-likeness (QED) is 0.746. The molecule has 1 aliphatic heterocycles. The summed E-state index contributed by atoms with van der Waals surface area (Å²) in [6.45, 7) is 4.39. The molecule has 1 rings (SSSR count). The molecule has 0 aromatic rings. The second kappa shape index (κ2) is 5.13. The van der Waals surface area contributed by atoms with Crippen LogP contribution in [0, 0.1) is 16.7 Å². The minimum absolute atomic E-state index is 0.180. The van der Waals surface area contributed by atoms with Crippen LogP contribution in [0.4, 0.5) is 0 Å². The van der Waals surface area contributed by atoms with E-state index in [0.29, 0.717) is 13.0 Å². The molecule has 1 aliphatic rings. The van der Waals surface area contributed by atoms with E-state index in [1.807, 2.05) is 6.92 Å². The molecule has 0 aromatic carbocycles. The number of rotatable bonds is 3. The van der Waals surface area contributed by atoms with Crippen LogP contribution in [0.2, 0.25) is 0 Å². The van der Waals surface area contributed by atoms with E-state index in [4.69, 9.17) is 5.26 Å². The van der Waals surface area contributed by atoms with E-state index >= 15 is 0 Å². The molecule has 1 heterocycles. The van der Waals surface area contributed by atoms with Crippen LogP contribution in [0.15, 0.2) is 0 Å². The monoisotopic (exact) mass is 209 g/mol. The van der Waals surface area contributed by atoms with Crippen molar-refractivity contribution in [2.75, 3.05) is 26.7 Å². The highest BCUT2D eigenvalue weighted by atomic mass is 16.2. The number of piperidine rings is 1. The Balaban J connectivity index is 2.54. The number of hydrogen-bond acceptors (Lipinski definition) is 3. The molecular weight excluding hydrogens is 190 g/mol. The summed E-state index contributed by atoms with van der Waals surface area (Å²) >= 11 is 0. The number of carbonyl (C=O) groups excluding carboxylic acids is 1. The number of amides is 1. The molecule has 0 atom stereocenters. The highest BCUT2D eigenvalue weighted by Gasteiger charge is 2.36. The molecule has 0 unspecified atom stereocenters. The highest BCUT2D eigenvalue weighted by Crippen LogP contribution is 2.29. The highest BCUT2D eigenvalue weighted by molar-refractivity contribution is 5.82. The van der Waals surface area contributed by atoms with Gasteiger partial charge in [0.1, 0.15) is 0 Å². The Morgan fingerprint density at radius 3 is 2.67 bits per heavy atom. The topological polar surface area (TPSA) is 56.1 Å². The third-order valence-corrected chi connectivity index (χ3v) is 3.13. The average molecular weight is 209 g/mol. The van der Waals surface area contributed by atoms with Gasteiger partial charge in [0.05, 0.1) is 12.5 Å². The Bertz CT molecular complexity index is 263. The molecule has 0 saturated carbocycles. The van der Waals surface area contributed by atoms with Gasteiger partial charge in [-0.2, -0.15) is 5.26 Å². The largest absolute Gasteiger partial charge is 0.344 e. The maximum absolute atomic E-state index is 12.1. The van der Waals surface area contributed by atoms with E-state index in [9.17, 15) is 4.79 Å². The van der Waals surface area contributed by atoms with E-state index in [1.54, 1.807) is 11.9 Å². The first kappa shape index (κ1) is 12.0. The summed E-state index contributed by atoms with van der Waals surface area (Å²) in [4.78, 5) is 13.8. The number of carbonyl (C=O) groups is 1. The van der Waals surface area contributed by atoms with Crippen LogP contribution in [-0.2, 0) is 4.79 Å². The standard InChI is InChI=1S/C11H19N3O/c1-11(4-7-13-8-5-11)10(15)14(2)9-3-6-12/h13H,3-5,7-9H2,1-2H3. The van der Waals surface area contributed by atoms with Crippen molar-refractivity contribution in [2.24, 2.45) is 5.41 Å². The van der Waals surface area contributed by atoms with E-state index in [0.717, 1.165) is 25.9 Å². The predicted molar refractivity (Wildman–Crippen MR) is 58.1 cm³/mol. The smallest absolute Gasteiger partial charge is 0.228 e. The zero-order chi connectivity index (χ0) is 11.3. The van der Waals surface area contributed by atoms with Crippen molar-refractivity contribution >= 4 is 5.91 Å². The first-order chi connectivity index (χ1) is 7.10. The van der Waals surface area contributed by atoms with Crippen LogP contribution in [0.3, 0.4) is 0 Å². The SMILES string of the molecule is CN(CCC#N)C(=O)C1(C)CCNCC1. The van der Waals surface area contributed by atoms with Gasteiger partial charge in [-0.25, -0.2) is 0 Å². The second-order valence-corrected chi connectivity index (χ2v) is 4.45. The van der Waals surface area contributed by atoms with Crippen molar-refractivity contribution in [3.8, 4) is 6.07 Å². The fourth-order valence-electron chi connectivity index (χ4n) is 1.97. The van der Waals surface area contributed by atoms with Gasteiger partial charge >= 0.3 is 0 Å². The maximum Gasteiger partial charge on any atom is 0.228 e. The zero-order valence-corrected chi connectivity index (χ0v) is 9.55. The van der Waals surface area contributed by atoms with E-state index in [-0.39, 0.29) is 11.3 Å². The Kier molecular flexibility index (Phi) is 4.10. The summed E-state index contributed by atoms with van der Waals surface area (Å²) in [5.41, 5.74) is -0.227. The number of hydrogen-bond donors (Lipinski definition) is 1. The van der Waals surface area contributed by atoms with E-state index in [2.05, 4.69) is 11.4 Å². The summed E-state index contributed by atoms with van der Waals surface area (Å²) < 4.78 is 0. The molecule has 15 heavy (non-hydrogen) atoms. The van der Waals surface area contributed by atoms with Crippen LogP contribution >= 0.6 is 0 Å². The predicted octanol–water partition coefficient (Wildman–Crippen LogP) is 0.748. The Labute approximate surface area is 91.2 Å². The molecule has 4 nitrogen and oxygen atoms in total. The lowest BCUT2D eigenvalue weighted by Gasteiger charge is -2.35. The van der Waals surface area contributed by atoms with Crippen molar-refractivity contribution in [1.29, 1.82) is 5.26 Å². The fraction of sp³-hybridized carbons (Fsp3) is 0.818. The van der Waals surface area contributed by atoms with Gasteiger partial charge in [-0.1, -0.05) is 6.92 Å². The number of nitrogens with zero attached hydrogens (tertiary/aromatic N) is 2. The molecule has 0 aliphatic carbocycles. The van der Waals surface area contributed by atoms with Gasteiger partial charge in [0.15, 0.2) is 0 Å². The minimum atomic E-state index is -0.227. The Morgan fingerprint density at radius 2 is 2.13 bits per heavy atom. The van der Waals surface area contributed by atoms with Gasteiger partial charge in [0, 0.05) is 19.0 Å². The van der Waals surface area contributed by atoms with Crippen molar-refractivity contribution < 1.29 is 4.79 Å². The molecule has 1 amide bonds. The summed E-state index contributed by atoms with van der Waals surface area (Å²) in [6.07, 6.45) is 2.20. The van der Waals surface area contributed by atoms with Gasteiger partial charge in [0.2, 0.25) is 5.91 Å². The Morgan fingerprint density at radius 1 is 1.53 bits per heavy atom. The van der Waals surface area contributed by atoms with Gasteiger partial charge in [0.25, 0.3) is 0 Å². The van der Waals surface area contributed by atoms with Crippen LogP contribution < -0.4 is 5.32 Å². The van der Waals surface area contributed by atoms with Crippen LogP contribution in [0.5, 0.6) is 0 Å². The molecule has 84 valence electrons. The third-order valence-electron chi connectivity index (χ3n) is 3.13. The summed E-state index contributed by atoms with van der Waals surface area (Å²) in [5.74, 6) is 0.180. The van der Waals surface area contributed by atoms with Gasteiger partial charge in [-0.3, -0.25) is 4.79 Å². The lowest BCUT2D eigenvalue weighted by atomic mass is 9.80. The van der Waals surface area contributed by atoms with Crippen molar-refractivity contribution in [1.82, 2.24) is 10.2 Å². The number of nitriles is 1. The van der Waals surface area contributed by atoms with Crippen LogP contribution in [0.1, 0.15) is 26.2 Å². The Hall–Kier alpha value is -1.08. The third kappa shape index (κ3) is 2.93. The molecule has 4 heteroatoms. The molecule has 0 aromatic heterocycles. The zero-order valence-electron chi connectivity index (χ0n) is 9.55. The summed E-state index contributed by atoms with van der Waals surface area (Å²) in [6, 6.07) is 2.06. The first-order valence-electron chi connectivity index (χ1n) is 5.43. The van der Waals surface area contributed by atoms with E-state index < -0.39 is 0 Å². The summed E-state index contributed by atoms with van der Waals surface area (Å²) in [5, 5.41) is 11.7. The molecule has 1 saturated heterocycles. The lowest BCUT2D eigenvalue weighted by Crippen LogP contribution is -2.46. The number of nitrogens with one attached hydrogen (secondary N) is 1. The van der Waals surface area contributed by atoms with Gasteiger partial charge in [-0.15, -0.1) is 0 Å². The molecule has 0 bridgehead atoms. The van der Waals surface area contributed by atoms with Gasteiger partial charge < -0.3 is 10.2 Å². The van der Waals surface area contributed by atoms with E-state index in [1.165, 1.54) is 0 Å². The maximum atomic E-state index is 12.1. The molecule has 0 spiro atoms. The normalized spacial score (nSPS) is 19.3. The molecule has 0 radical (unpaired) electrons. The summed E-state index contributed by atoms with van der Waals surface area (Å²) in [7, 11) is 1.78. The van der Waals surface area contributed by atoms with Crippen molar-refractivity contribution in [2.45, 2.75) is 26.2 Å². The minimum Gasteiger partial charge on any atom is -0.344 e. The van der Waals surface area contributed by atoms with Crippen molar-refractivity contribution in [3.05, 3.63) is 0 Å². The van der Waals surface area contributed by atoms with Crippen LogP contribution in [-0.4, -0.2) is 37.5 Å². The lowest BCUT2D eigenvalue weighted by molar-refractivity contribution is -0.141. The van der Waals surface area contributed by atoms with Crippen molar-refractivity contribution in [3.63, 3.8) is 0 Å². The fourth-order valence-corrected chi connectivity index (χ4v) is 1.97. The first-order valence-corrected chi connectivity index (χ1v) is 5.43. The molecule has 1 fully saturated rings. The van der Waals surface area contributed by atoms with Gasteiger partial charge in [-0.05, 0) is 25.9 Å². The molecule has 1 N–H and O–H groups in total. The second-order valence-electron chi connectivity index (χ2n) is 4.45.